The van der Waals surface area contributed by atoms with Crippen LogP contribution in [0.5, 0.6) is 0 Å². The highest BCUT2D eigenvalue weighted by molar-refractivity contribution is 7.11. The molecule has 0 aliphatic rings. The van der Waals surface area contributed by atoms with Gasteiger partial charge in [-0.25, -0.2) is 0 Å². The summed E-state index contributed by atoms with van der Waals surface area (Å²) in [5, 5.41) is 3.48. The largest absolute Gasteiger partial charge is 0.315 e. The molecule has 0 aliphatic carbocycles. The van der Waals surface area contributed by atoms with Crippen molar-refractivity contribution >= 4 is 11.3 Å². The van der Waals surface area contributed by atoms with E-state index in [9.17, 15) is 0 Å². The zero-order valence-corrected chi connectivity index (χ0v) is 11.9. The van der Waals surface area contributed by atoms with Crippen LogP contribution in [0.3, 0.4) is 0 Å². The van der Waals surface area contributed by atoms with E-state index in [-0.39, 0.29) is 0 Å². The van der Waals surface area contributed by atoms with E-state index in [4.69, 9.17) is 0 Å². The fourth-order valence-electron chi connectivity index (χ4n) is 1.79. The normalized spacial score (nSPS) is 13.3. The van der Waals surface area contributed by atoms with Crippen LogP contribution in [0.15, 0.2) is 12.1 Å². The summed E-state index contributed by atoms with van der Waals surface area (Å²) in [6, 6.07) is 5.19. The van der Waals surface area contributed by atoms with Crippen LogP contribution in [0.4, 0.5) is 0 Å². The first kappa shape index (κ1) is 13.7. The Labute approximate surface area is 104 Å². The number of hydrogen-bond donors (Lipinski definition) is 1. The van der Waals surface area contributed by atoms with Crippen LogP contribution in [-0.4, -0.2) is 12.6 Å². The second-order valence-corrected chi connectivity index (χ2v) is 6.18. The number of hydrogen-bond acceptors (Lipinski definition) is 2. The Kier molecular flexibility index (Phi) is 6.07. The molecule has 92 valence electrons. The third kappa shape index (κ3) is 5.13. The highest BCUT2D eigenvalue weighted by Crippen LogP contribution is 2.21. The van der Waals surface area contributed by atoms with Crippen LogP contribution in [0.25, 0.3) is 0 Å². The van der Waals surface area contributed by atoms with Gasteiger partial charge in [0.25, 0.3) is 0 Å². The standard InChI is InChI=1S/C14H25NS/c1-5-13-6-7-14(16-13)10-12(4)8-9-15-11(2)3/h6-7,11-12,15H,5,8-10H2,1-4H3. The summed E-state index contributed by atoms with van der Waals surface area (Å²) in [6.07, 6.45) is 3.69. The molecule has 0 saturated heterocycles. The fourth-order valence-corrected chi connectivity index (χ4v) is 2.91. The monoisotopic (exact) mass is 239 g/mol. The van der Waals surface area contributed by atoms with Crippen LogP contribution in [0, 0.1) is 5.92 Å². The van der Waals surface area contributed by atoms with E-state index in [2.05, 4.69) is 45.1 Å². The lowest BCUT2D eigenvalue weighted by Gasteiger charge is -2.12. The smallest absolute Gasteiger partial charge is 0.00508 e. The summed E-state index contributed by atoms with van der Waals surface area (Å²) in [5.41, 5.74) is 0. The van der Waals surface area contributed by atoms with Gasteiger partial charge in [0.05, 0.1) is 0 Å². The van der Waals surface area contributed by atoms with E-state index in [0.717, 1.165) is 12.5 Å². The van der Waals surface area contributed by atoms with E-state index < -0.39 is 0 Å². The van der Waals surface area contributed by atoms with Crippen LogP contribution in [-0.2, 0) is 12.8 Å². The van der Waals surface area contributed by atoms with E-state index in [0.29, 0.717) is 6.04 Å². The summed E-state index contributed by atoms with van der Waals surface area (Å²) < 4.78 is 0. The lowest BCUT2D eigenvalue weighted by Crippen LogP contribution is -2.25. The van der Waals surface area contributed by atoms with E-state index in [1.807, 2.05) is 11.3 Å². The molecule has 16 heavy (non-hydrogen) atoms. The van der Waals surface area contributed by atoms with Gasteiger partial charge in [-0.15, -0.1) is 11.3 Å². The first-order valence-electron chi connectivity index (χ1n) is 6.42. The van der Waals surface area contributed by atoms with Crippen LogP contribution in [0.1, 0.15) is 43.9 Å². The van der Waals surface area contributed by atoms with Gasteiger partial charge in [-0.1, -0.05) is 27.7 Å². The minimum atomic E-state index is 0.612. The molecular weight excluding hydrogens is 214 g/mol. The van der Waals surface area contributed by atoms with Gasteiger partial charge in [0, 0.05) is 15.8 Å². The molecule has 1 nitrogen and oxygen atoms in total. The highest BCUT2D eigenvalue weighted by Gasteiger charge is 2.06. The summed E-state index contributed by atoms with van der Waals surface area (Å²) in [4.78, 5) is 3.07. The van der Waals surface area contributed by atoms with E-state index >= 15 is 0 Å². The lowest BCUT2D eigenvalue weighted by atomic mass is 10.0. The van der Waals surface area contributed by atoms with Gasteiger partial charge in [-0.3, -0.25) is 0 Å². The minimum absolute atomic E-state index is 0.612. The molecule has 1 aromatic heterocycles. The van der Waals surface area contributed by atoms with Crippen molar-refractivity contribution in [2.24, 2.45) is 5.92 Å². The molecule has 1 heterocycles. The molecular formula is C14H25NS. The molecule has 1 aromatic rings. The van der Waals surface area contributed by atoms with Crippen LogP contribution in [0.2, 0.25) is 0 Å². The maximum absolute atomic E-state index is 3.48. The zero-order valence-electron chi connectivity index (χ0n) is 11.0. The molecule has 0 aliphatic heterocycles. The second-order valence-electron chi connectivity index (χ2n) is 4.93. The number of aryl methyl sites for hydroxylation is 1. The first-order chi connectivity index (χ1) is 7.61. The number of nitrogens with one attached hydrogen (secondary N) is 1. The predicted molar refractivity (Wildman–Crippen MR) is 74.3 cm³/mol. The molecule has 2 heteroatoms. The van der Waals surface area contributed by atoms with E-state index in [1.165, 1.54) is 24.1 Å². The summed E-state index contributed by atoms with van der Waals surface area (Å²) in [5.74, 6) is 0.787. The molecule has 0 aromatic carbocycles. The molecule has 0 bridgehead atoms. The van der Waals surface area contributed by atoms with Crippen molar-refractivity contribution in [2.45, 2.75) is 53.0 Å². The predicted octanol–water partition coefficient (Wildman–Crippen LogP) is 3.88. The van der Waals surface area contributed by atoms with Crippen molar-refractivity contribution in [2.75, 3.05) is 6.54 Å². The second kappa shape index (κ2) is 7.08. The van der Waals surface area contributed by atoms with Crippen molar-refractivity contribution in [3.05, 3.63) is 21.9 Å². The summed E-state index contributed by atoms with van der Waals surface area (Å²) >= 11 is 1.98. The van der Waals surface area contributed by atoms with Crippen LogP contribution >= 0.6 is 11.3 Å². The van der Waals surface area contributed by atoms with Crippen LogP contribution < -0.4 is 5.32 Å². The van der Waals surface area contributed by atoms with Crippen molar-refractivity contribution < 1.29 is 0 Å². The molecule has 0 fully saturated rings. The molecule has 0 amide bonds. The molecule has 1 rings (SSSR count). The Morgan fingerprint density at radius 3 is 2.44 bits per heavy atom. The molecule has 1 atom stereocenters. The average Bonchev–Trinajstić information content (AvgIpc) is 2.65. The zero-order chi connectivity index (χ0) is 12.0. The van der Waals surface area contributed by atoms with Gasteiger partial charge in [-0.2, -0.15) is 0 Å². The SMILES string of the molecule is CCc1ccc(CC(C)CCNC(C)C)s1. The Morgan fingerprint density at radius 2 is 1.88 bits per heavy atom. The molecule has 1 N–H and O–H groups in total. The van der Waals surface area contributed by atoms with Gasteiger partial charge in [0.2, 0.25) is 0 Å². The maximum atomic E-state index is 3.48. The molecule has 0 spiro atoms. The van der Waals surface area contributed by atoms with Crippen molar-refractivity contribution in [3.8, 4) is 0 Å². The van der Waals surface area contributed by atoms with E-state index in [1.54, 1.807) is 4.88 Å². The Bertz CT molecular complexity index is 291. The minimum Gasteiger partial charge on any atom is -0.315 e. The van der Waals surface area contributed by atoms with Gasteiger partial charge >= 0.3 is 0 Å². The van der Waals surface area contributed by atoms with Gasteiger partial charge in [-0.05, 0) is 43.9 Å². The first-order valence-corrected chi connectivity index (χ1v) is 7.24. The topological polar surface area (TPSA) is 12.0 Å². The highest BCUT2D eigenvalue weighted by atomic mass is 32.1. The Morgan fingerprint density at radius 1 is 1.19 bits per heavy atom. The lowest BCUT2D eigenvalue weighted by molar-refractivity contribution is 0.478. The van der Waals surface area contributed by atoms with Gasteiger partial charge in [0.1, 0.15) is 0 Å². The Balaban J connectivity index is 2.25. The Hall–Kier alpha value is -0.340. The third-order valence-corrected chi connectivity index (χ3v) is 4.06. The van der Waals surface area contributed by atoms with Crippen molar-refractivity contribution in [1.82, 2.24) is 5.32 Å². The quantitative estimate of drug-likeness (QED) is 0.761. The van der Waals surface area contributed by atoms with Crippen molar-refractivity contribution in [3.63, 3.8) is 0 Å². The summed E-state index contributed by atoms with van der Waals surface area (Å²) in [6.45, 7) is 10.1. The third-order valence-electron chi connectivity index (χ3n) is 2.81. The fraction of sp³-hybridized carbons (Fsp3) is 0.714. The summed E-state index contributed by atoms with van der Waals surface area (Å²) in [7, 11) is 0. The van der Waals surface area contributed by atoms with Crippen molar-refractivity contribution in [1.29, 1.82) is 0 Å². The molecule has 1 unspecified atom stereocenters. The number of thiophene rings is 1. The number of rotatable bonds is 7. The molecule has 0 saturated carbocycles. The average molecular weight is 239 g/mol. The van der Waals surface area contributed by atoms with Gasteiger partial charge in [0.15, 0.2) is 0 Å². The maximum Gasteiger partial charge on any atom is 0.00508 e. The molecule has 0 radical (unpaired) electrons. The van der Waals surface area contributed by atoms with Gasteiger partial charge < -0.3 is 5.32 Å².